The number of nitrogens with one attached hydrogen (secondary N) is 1. The molecule has 1 N–H and O–H groups in total. The lowest BCUT2D eigenvalue weighted by Crippen LogP contribution is -2.63. The average molecular weight is 281 g/mol. The van der Waals surface area contributed by atoms with E-state index in [0.29, 0.717) is 12.6 Å². The predicted molar refractivity (Wildman–Crippen MR) is 78.2 cm³/mol. The van der Waals surface area contributed by atoms with Crippen LogP contribution in [-0.4, -0.2) is 60.4 Å². The van der Waals surface area contributed by atoms with Crippen molar-refractivity contribution in [2.75, 3.05) is 26.7 Å². The van der Waals surface area contributed by atoms with Gasteiger partial charge in [-0.2, -0.15) is 0 Å². The fourth-order valence-electron chi connectivity index (χ4n) is 3.07. The molecule has 2 saturated heterocycles. The van der Waals surface area contributed by atoms with Crippen LogP contribution in [0.25, 0.3) is 0 Å². The van der Waals surface area contributed by atoms with E-state index in [0.717, 1.165) is 13.0 Å². The van der Waals surface area contributed by atoms with Gasteiger partial charge in [-0.1, -0.05) is 27.2 Å². The Labute approximate surface area is 121 Å². The molecule has 5 nitrogen and oxygen atoms in total. The van der Waals surface area contributed by atoms with E-state index in [9.17, 15) is 9.59 Å². The molecule has 114 valence electrons. The number of carbonyl (C=O) groups excluding carboxylic acids is 2. The zero-order chi connectivity index (χ0) is 14.9. The number of rotatable bonds is 2. The molecule has 2 unspecified atom stereocenters. The summed E-state index contributed by atoms with van der Waals surface area (Å²) in [6.45, 7) is 7.94. The molecule has 2 rings (SSSR count). The maximum atomic E-state index is 12.6. The van der Waals surface area contributed by atoms with Crippen molar-refractivity contribution in [1.82, 2.24) is 15.1 Å². The van der Waals surface area contributed by atoms with Crippen molar-refractivity contribution < 1.29 is 9.59 Å². The molecule has 2 amide bonds. The van der Waals surface area contributed by atoms with Crippen LogP contribution in [0.3, 0.4) is 0 Å². The molecule has 0 aromatic rings. The SMILES string of the molecule is CN1CCCCC1CN1CC(=O)NC(C(C)(C)C)C1=O. The van der Waals surface area contributed by atoms with Crippen molar-refractivity contribution in [3.8, 4) is 0 Å². The number of likely N-dealkylation sites (tertiary alicyclic amines) is 1. The van der Waals surface area contributed by atoms with Gasteiger partial charge >= 0.3 is 0 Å². The second-order valence-corrected chi connectivity index (χ2v) is 7.22. The number of piperazine rings is 1. The molecule has 5 heteroatoms. The van der Waals surface area contributed by atoms with E-state index < -0.39 is 6.04 Å². The Kier molecular flexibility index (Phi) is 4.37. The van der Waals surface area contributed by atoms with Gasteiger partial charge in [0.05, 0.1) is 6.54 Å². The normalized spacial score (nSPS) is 29.5. The standard InChI is InChI=1S/C15H27N3O2/c1-15(2,3)13-14(20)18(10-12(19)16-13)9-11-7-5-6-8-17(11)4/h11,13H,5-10H2,1-4H3,(H,16,19). The summed E-state index contributed by atoms with van der Waals surface area (Å²) in [4.78, 5) is 28.5. The van der Waals surface area contributed by atoms with Crippen LogP contribution in [0, 0.1) is 5.41 Å². The van der Waals surface area contributed by atoms with Gasteiger partial charge in [-0.25, -0.2) is 0 Å². The lowest BCUT2D eigenvalue weighted by atomic mass is 9.84. The Morgan fingerprint density at radius 2 is 1.95 bits per heavy atom. The predicted octanol–water partition coefficient (Wildman–Crippen LogP) is 0.844. The van der Waals surface area contributed by atoms with E-state index in [1.54, 1.807) is 4.90 Å². The van der Waals surface area contributed by atoms with E-state index in [1.807, 2.05) is 20.8 Å². The van der Waals surface area contributed by atoms with Crippen molar-refractivity contribution >= 4 is 11.8 Å². The van der Waals surface area contributed by atoms with Crippen LogP contribution in [0.15, 0.2) is 0 Å². The van der Waals surface area contributed by atoms with Gasteiger partial charge in [-0.05, 0) is 31.8 Å². The molecule has 0 aliphatic carbocycles. The molecular formula is C15H27N3O2. The average Bonchev–Trinajstić information content (AvgIpc) is 2.34. The fraction of sp³-hybridized carbons (Fsp3) is 0.867. The first kappa shape index (κ1) is 15.3. The van der Waals surface area contributed by atoms with E-state index in [4.69, 9.17) is 0 Å². The minimum absolute atomic E-state index is 0.0389. The summed E-state index contributed by atoms with van der Waals surface area (Å²) >= 11 is 0. The van der Waals surface area contributed by atoms with Gasteiger partial charge in [0.25, 0.3) is 0 Å². The quantitative estimate of drug-likeness (QED) is 0.816. The van der Waals surface area contributed by atoms with Crippen molar-refractivity contribution in [3.05, 3.63) is 0 Å². The summed E-state index contributed by atoms with van der Waals surface area (Å²) in [5, 5.41) is 2.84. The van der Waals surface area contributed by atoms with Crippen LogP contribution >= 0.6 is 0 Å². The van der Waals surface area contributed by atoms with E-state index >= 15 is 0 Å². The number of carbonyl (C=O) groups is 2. The maximum absolute atomic E-state index is 12.6. The molecule has 0 aromatic heterocycles. The third kappa shape index (κ3) is 3.32. The molecule has 0 spiro atoms. The minimum atomic E-state index is -0.405. The first-order valence-electron chi connectivity index (χ1n) is 7.57. The summed E-state index contributed by atoms with van der Waals surface area (Å²) in [6.07, 6.45) is 3.56. The van der Waals surface area contributed by atoms with Crippen LogP contribution in [0.5, 0.6) is 0 Å². The number of nitrogens with zero attached hydrogens (tertiary/aromatic N) is 2. The van der Waals surface area contributed by atoms with Gasteiger partial charge in [0.1, 0.15) is 6.04 Å². The monoisotopic (exact) mass is 281 g/mol. The Morgan fingerprint density at radius 3 is 2.55 bits per heavy atom. The third-order valence-electron chi connectivity index (χ3n) is 4.42. The van der Waals surface area contributed by atoms with E-state index in [1.165, 1.54) is 12.8 Å². The molecule has 0 bridgehead atoms. The van der Waals surface area contributed by atoms with E-state index in [-0.39, 0.29) is 23.8 Å². The molecule has 2 atom stereocenters. The molecule has 2 aliphatic heterocycles. The summed E-state index contributed by atoms with van der Waals surface area (Å²) < 4.78 is 0. The molecule has 2 heterocycles. The highest BCUT2D eigenvalue weighted by molar-refractivity contribution is 5.95. The molecule has 20 heavy (non-hydrogen) atoms. The second kappa shape index (κ2) is 5.72. The van der Waals surface area contributed by atoms with E-state index in [2.05, 4.69) is 17.3 Å². The fourth-order valence-corrected chi connectivity index (χ4v) is 3.07. The minimum Gasteiger partial charge on any atom is -0.342 e. The lowest BCUT2D eigenvalue weighted by Gasteiger charge is -2.42. The molecule has 0 radical (unpaired) electrons. The Hall–Kier alpha value is -1.10. The first-order valence-corrected chi connectivity index (χ1v) is 7.57. The third-order valence-corrected chi connectivity index (χ3v) is 4.42. The smallest absolute Gasteiger partial charge is 0.246 e. The lowest BCUT2D eigenvalue weighted by molar-refractivity contribution is -0.148. The molecule has 2 fully saturated rings. The van der Waals surface area contributed by atoms with Crippen LogP contribution < -0.4 is 5.32 Å². The van der Waals surface area contributed by atoms with Crippen molar-refractivity contribution in [1.29, 1.82) is 0 Å². The Morgan fingerprint density at radius 1 is 1.25 bits per heavy atom. The largest absolute Gasteiger partial charge is 0.342 e. The molecule has 0 aromatic carbocycles. The number of hydrogen-bond donors (Lipinski definition) is 1. The van der Waals surface area contributed by atoms with Gasteiger partial charge < -0.3 is 15.1 Å². The molecule has 2 aliphatic rings. The van der Waals surface area contributed by atoms with Crippen molar-refractivity contribution in [3.63, 3.8) is 0 Å². The maximum Gasteiger partial charge on any atom is 0.246 e. The highest BCUT2D eigenvalue weighted by Gasteiger charge is 2.40. The topological polar surface area (TPSA) is 52.6 Å². The number of likely N-dealkylation sites (N-methyl/N-ethyl adjacent to an activating group) is 1. The number of piperidine rings is 1. The van der Waals surface area contributed by atoms with Gasteiger partial charge in [0.2, 0.25) is 11.8 Å². The number of hydrogen-bond acceptors (Lipinski definition) is 3. The van der Waals surface area contributed by atoms with Gasteiger partial charge in [0, 0.05) is 12.6 Å². The second-order valence-electron chi connectivity index (χ2n) is 7.22. The zero-order valence-electron chi connectivity index (χ0n) is 13.1. The zero-order valence-corrected chi connectivity index (χ0v) is 13.1. The van der Waals surface area contributed by atoms with Crippen molar-refractivity contribution in [2.24, 2.45) is 5.41 Å². The highest BCUT2D eigenvalue weighted by Crippen LogP contribution is 2.24. The Bertz CT molecular complexity index is 389. The Balaban J connectivity index is 2.06. The van der Waals surface area contributed by atoms with Crippen molar-refractivity contribution in [2.45, 2.75) is 52.1 Å². The van der Waals surface area contributed by atoms with Crippen LogP contribution in [0.4, 0.5) is 0 Å². The first-order chi connectivity index (χ1) is 9.29. The van der Waals surface area contributed by atoms with Crippen LogP contribution in [0.2, 0.25) is 0 Å². The summed E-state index contributed by atoms with van der Waals surface area (Å²) in [7, 11) is 2.11. The van der Waals surface area contributed by atoms with Gasteiger partial charge in [-0.3, -0.25) is 9.59 Å². The summed E-state index contributed by atoms with van der Waals surface area (Å²) in [5.74, 6) is 0.0269. The molecular weight excluding hydrogens is 254 g/mol. The van der Waals surface area contributed by atoms with Crippen LogP contribution in [0.1, 0.15) is 40.0 Å². The van der Waals surface area contributed by atoms with Gasteiger partial charge in [0.15, 0.2) is 0 Å². The van der Waals surface area contributed by atoms with Crippen LogP contribution in [-0.2, 0) is 9.59 Å². The molecule has 0 saturated carbocycles. The highest BCUT2D eigenvalue weighted by atomic mass is 16.2. The number of amides is 2. The van der Waals surface area contributed by atoms with Gasteiger partial charge in [-0.15, -0.1) is 0 Å². The summed E-state index contributed by atoms with van der Waals surface area (Å²) in [6, 6.07) is -0.0168. The summed E-state index contributed by atoms with van der Waals surface area (Å²) in [5.41, 5.74) is -0.246.